The van der Waals surface area contributed by atoms with E-state index in [1.54, 1.807) is 12.1 Å². The van der Waals surface area contributed by atoms with Gasteiger partial charge in [-0.3, -0.25) is 10.2 Å². The monoisotopic (exact) mass is 324 g/mol. The Labute approximate surface area is 118 Å². The summed E-state index contributed by atoms with van der Waals surface area (Å²) in [7, 11) is 0. The molecule has 1 heterocycles. The van der Waals surface area contributed by atoms with E-state index in [2.05, 4.69) is 15.9 Å². The van der Waals surface area contributed by atoms with E-state index in [9.17, 15) is 4.79 Å². The molecular weight excluding hydrogens is 312 g/mol. The Kier molecular flexibility index (Phi) is 4.73. The van der Waals surface area contributed by atoms with Crippen LogP contribution in [0.25, 0.3) is 0 Å². The Morgan fingerprint density at radius 3 is 2.63 bits per heavy atom. The molecule has 0 atom stereocenters. The lowest BCUT2D eigenvalue weighted by atomic mass is 10.2. The van der Waals surface area contributed by atoms with Gasteiger partial charge in [-0.1, -0.05) is 28.1 Å². The standard InChI is InChI=1S/C13H13BrN2O3/c14-10-3-1-9(2-4-10)7-18-8-11-5-6-12(19-11)13(17)16-15/h1-6H,7-8,15H2,(H,16,17). The largest absolute Gasteiger partial charge is 0.453 e. The van der Waals surface area contributed by atoms with Gasteiger partial charge in [-0.05, 0) is 29.8 Å². The first-order valence-electron chi connectivity index (χ1n) is 5.61. The van der Waals surface area contributed by atoms with Crippen molar-refractivity contribution in [3.63, 3.8) is 0 Å². The van der Waals surface area contributed by atoms with Crippen molar-refractivity contribution >= 4 is 21.8 Å². The van der Waals surface area contributed by atoms with E-state index in [1.807, 2.05) is 29.7 Å². The number of rotatable bonds is 5. The van der Waals surface area contributed by atoms with Gasteiger partial charge in [0.25, 0.3) is 0 Å². The number of hydrogen-bond donors (Lipinski definition) is 2. The Morgan fingerprint density at radius 2 is 1.95 bits per heavy atom. The molecule has 1 aromatic carbocycles. The molecule has 0 aliphatic carbocycles. The second-order valence-electron chi connectivity index (χ2n) is 3.86. The molecule has 19 heavy (non-hydrogen) atoms. The molecule has 1 aromatic heterocycles. The third-order valence-electron chi connectivity index (χ3n) is 2.44. The number of carbonyl (C=O) groups is 1. The molecule has 1 amide bonds. The maximum Gasteiger partial charge on any atom is 0.300 e. The SMILES string of the molecule is NNC(=O)c1ccc(COCc2ccc(Br)cc2)o1. The molecule has 6 heteroatoms. The number of hydrogen-bond acceptors (Lipinski definition) is 4. The summed E-state index contributed by atoms with van der Waals surface area (Å²) in [5.41, 5.74) is 3.07. The van der Waals surface area contributed by atoms with Crippen molar-refractivity contribution in [1.82, 2.24) is 5.43 Å². The van der Waals surface area contributed by atoms with E-state index in [0.717, 1.165) is 10.0 Å². The zero-order valence-corrected chi connectivity index (χ0v) is 11.6. The van der Waals surface area contributed by atoms with E-state index in [-0.39, 0.29) is 5.76 Å². The molecule has 0 spiro atoms. The molecule has 0 fully saturated rings. The maximum absolute atomic E-state index is 11.2. The Hall–Kier alpha value is -1.63. The third-order valence-corrected chi connectivity index (χ3v) is 2.97. The number of nitrogen functional groups attached to an aromatic ring is 1. The molecule has 0 unspecified atom stereocenters. The van der Waals surface area contributed by atoms with Gasteiger partial charge < -0.3 is 9.15 Å². The van der Waals surface area contributed by atoms with Crippen molar-refractivity contribution in [2.45, 2.75) is 13.2 Å². The van der Waals surface area contributed by atoms with Crippen LogP contribution in [0.5, 0.6) is 0 Å². The van der Waals surface area contributed by atoms with Crippen LogP contribution in [-0.2, 0) is 18.0 Å². The van der Waals surface area contributed by atoms with E-state index >= 15 is 0 Å². The molecule has 100 valence electrons. The number of nitrogens with two attached hydrogens (primary N) is 1. The highest BCUT2D eigenvalue weighted by Crippen LogP contribution is 2.13. The second kappa shape index (κ2) is 6.51. The lowest BCUT2D eigenvalue weighted by Crippen LogP contribution is -2.29. The lowest BCUT2D eigenvalue weighted by Gasteiger charge is -2.02. The zero-order valence-electron chi connectivity index (χ0n) is 10.1. The van der Waals surface area contributed by atoms with Crippen LogP contribution in [0.4, 0.5) is 0 Å². The predicted octanol–water partition coefficient (Wildman–Crippen LogP) is 2.36. The highest BCUT2D eigenvalue weighted by molar-refractivity contribution is 9.10. The van der Waals surface area contributed by atoms with Crippen molar-refractivity contribution in [3.05, 3.63) is 58.0 Å². The highest BCUT2D eigenvalue weighted by atomic mass is 79.9. The van der Waals surface area contributed by atoms with Gasteiger partial charge in [-0.25, -0.2) is 5.84 Å². The summed E-state index contributed by atoms with van der Waals surface area (Å²) in [6.07, 6.45) is 0. The highest BCUT2D eigenvalue weighted by Gasteiger charge is 2.09. The van der Waals surface area contributed by atoms with E-state index in [1.165, 1.54) is 0 Å². The maximum atomic E-state index is 11.2. The molecule has 0 aliphatic rings. The summed E-state index contributed by atoms with van der Waals surface area (Å²) >= 11 is 3.37. The van der Waals surface area contributed by atoms with Gasteiger partial charge >= 0.3 is 5.91 Å². The number of ether oxygens (including phenoxy) is 1. The van der Waals surface area contributed by atoms with Gasteiger partial charge in [0, 0.05) is 4.47 Å². The van der Waals surface area contributed by atoms with Crippen LogP contribution in [0, 0.1) is 0 Å². The normalized spacial score (nSPS) is 10.4. The Bertz CT molecular complexity index is 551. The summed E-state index contributed by atoms with van der Waals surface area (Å²) in [6, 6.07) is 11.1. The van der Waals surface area contributed by atoms with Crippen LogP contribution in [0.15, 0.2) is 45.3 Å². The van der Waals surface area contributed by atoms with Crippen molar-refractivity contribution < 1.29 is 13.9 Å². The molecule has 0 bridgehead atoms. The van der Waals surface area contributed by atoms with E-state index < -0.39 is 5.91 Å². The quantitative estimate of drug-likeness (QED) is 0.503. The number of amides is 1. The van der Waals surface area contributed by atoms with Crippen molar-refractivity contribution in [2.75, 3.05) is 0 Å². The molecule has 0 saturated carbocycles. The van der Waals surface area contributed by atoms with Crippen molar-refractivity contribution in [3.8, 4) is 0 Å². The molecule has 2 aromatic rings. The number of nitrogens with one attached hydrogen (secondary N) is 1. The van der Waals surface area contributed by atoms with Crippen molar-refractivity contribution in [1.29, 1.82) is 0 Å². The Morgan fingerprint density at radius 1 is 1.21 bits per heavy atom. The molecule has 0 radical (unpaired) electrons. The molecular formula is C13H13BrN2O3. The van der Waals surface area contributed by atoms with Gasteiger partial charge in [0.15, 0.2) is 5.76 Å². The number of hydrazine groups is 1. The van der Waals surface area contributed by atoms with E-state index in [4.69, 9.17) is 15.0 Å². The first-order chi connectivity index (χ1) is 9.19. The van der Waals surface area contributed by atoms with Gasteiger partial charge in [0.2, 0.25) is 0 Å². The van der Waals surface area contributed by atoms with Gasteiger partial charge in [0.1, 0.15) is 12.4 Å². The summed E-state index contributed by atoms with van der Waals surface area (Å²) in [5.74, 6) is 5.30. The minimum atomic E-state index is -0.459. The fourth-order valence-corrected chi connectivity index (χ4v) is 1.76. The third kappa shape index (κ3) is 3.92. The average Bonchev–Trinajstić information content (AvgIpc) is 2.89. The van der Waals surface area contributed by atoms with Gasteiger partial charge in [-0.2, -0.15) is 0 Å². The summed E-state index contributed by atoms with van der Waals surface area (Å²) in [6.45, 7) is 0.778. The van der Waals surface area contributed by atoms with Crippen LogP contribution in [0.2, 0.25) is 0 Å². The first-order valence-corrected chi connectivity index (χ1v) is 6.40. The van der Waals surface area contributed by atoms with Crippen LogP contribution in [0.3, 0.4) is 0 Å². The van der Waals surface area contributed by atoms with Gasteiger partial charge in [-0.15, -0.1) is 0 Å². The van der Waals surface area contributed by atoms with Gasteiger partial charge in [0.05, 0.1) is 6.61 Å². The fourth-order valence-electron chi connectivity index (χ4n) is 1.50. The number of benzene rings is 1. The second-order valence-corrected chi connectivity index (χ2v) is 4.77. The van der Waals surface area contributed by atoms with E-state index in [0.29, 0.717) is 19.0 Å². The average molecular weight is 325 g/mol. The van der Waals surface area contributed by atoms with Crippen LogP contribution < -0.4 is 11.3 Å². The Balaban J connectivity index is 1.84. The van der Waals surface area contributed by atoms with Crippen LogP contribution in [-0.4, -0.2) is 5.91 Å². The minimum absolute atomic E-state index is 0.171. The molecule has 2 rings (SSSR count). The first kappa shape index (κ1) is 13.8. The lowest BCUT2D eigenvalue weighted by molar-refractivity contribution is 0.0856. The number of carbonyl (C=O) groups excluding carboxylic acids is 1. The minimum Gasteiger partial charge on any atom is -0.453 e. The number of halogens is 1. The molecule has 0 aliphatic heterocycles. The molecule has 0 saturated heterocycles. The summed E-state index contributed by atoms with van der Waals surface area (Å²) in [4.78, 5) is 11.2. The topological polar surface area (TPSA) is 77.5 Å². The molecule has 3 N–H and O–H groups in total. The summed E-state index contributed by atoms with van der Waals surface area (Å²) in [5, 5.41) is 0. The molecule has 5 nitrogen and oxygen atoms in total. The van der Waals surface area contributed by atoms with Crippen molar-refractivity contribution in [2.24, 2.45) is 5.84 Å². The zero-order chi connectivity index (χ0) is 13.7. The number of furan rings is 1. The predicted molar refractivity (Wildman–Crippen MR) is 73.0 cm³/mol. The van der Waals surface area contributed by atoms with Crippen LogP contribution >= 0.6 is 15.9 Å². The summed E-state index contributed by atoms with van der Waals surface area (Å²) < 4.78 is 11.8. The van der Waals surface area contributed by atoms with Crippen LogP contribution in [0.1, 0.15) is 21.9 Å². The fraction of sp³-hybridized carbons (Fsp3) is 0.154. The smallest absolute Gasteiger partial charge is 0.300 e.